The molecule has 0 fully saturated rings. The molecule has 0 aliphatic carbocycles. The molecule has 2 rings (SSSR count). The average molecular weight is 321 g/mol. The molecule has 0 radical (unpaired) electrons. The van der Waals surface area contributed by atoms with Gasteiger partial charge in [-0.05, 0) is 18.9 Å². The van der Waals surface area contributed by atoms with Crippen molar-refractivity contribution in [1.82, 2.24) is 4.31 Å². The number of carbonyl (C=O) groups excluding carboxylic acids is 1. The predicted octanol–water partition coefficient (Wildman–Crippen LogP) is 3.00. The number of unbranched alkanes of at least 4 members (excludes halogenated alkanes) is 1. The highest BCUT2D eigenvalue weighted by atomic mass is 32.2. The molecule has 0 unspecified atom stereocenters. The van der Waals surface area contributed by atoms with E-state index in [9.17, 15) is 9.35 Å². The highest BCUT2D eigenvalue weighted by Crippen LogP contribution is 2.36. The maximum absolute atomic E-state index is 12.6. The number of carbonyl (C=O) groups is 1. The molecule has 0 saturated carbocycles. The van der Waals surface area contributed by atoms with E-state index in [-0.39, 0.29) is 12.0 Å². The Morgan fingerprint density at radius 1 is 1.36 bits per heavy atom. The number of ether oxygens (including phenoxy) is 1. The van der Waals surface area contributed by atoms with Crippen molar-refractivity contribution in [2.75, 3.05) is 18.9 Å². The van der Waals surface area contributed by atoms with E-state index in [1.165, 1.54) is 0 Å². The SMILES string of the molecule is CCCC[S@+]([O-])N1CC=C(C(=O)OCC)[C@H]1c1ccccc1. The van der Waals surface area contributed by atoms with Gasteiger partial charge in [-0.2, -0.15) is 0 Å². The highest BCUT2D eigenvalue weighted by molar-refractivity contribution is 7.89. The number of hydrogen-bond donors (Lipinski definition) is 0. The zero-order valence-corrected chi connectivity index (χ0v) is 14.0. The molecule has 5 heteroatoms. The third-order valence-electron chi connectivity index (χ3n) is 3.63. The molecule has 1 aromatic rings. The largest absolute Gasteiger partial charge is 0.598 e. The van der Waals surface area contributed by atoms with Gasteiger partial charge < -0.3 is 9.29 Å². The van der Waals surface area contributed by atoms with E-state index in [1.807, 2.05) is 40.7 Å². The van der Waals surface area contributed by atoms with Gasteiger partial charge in [0.2, 0.25) is 0 Å². The van der Waals surface area contributed by atoms with E-state index in [4.69, 9.17) is 4.74 Å². The summed E-state index contributed by atoms with van der Waals surface area (Å²) in [4.78, 5) is 12.2. The van der Waals surface area contributed by atoms with Crippen LogP contribution in [-0.4, -0.2) is 33.7 Å². The molecule has 0 spiro atoms. The minimum Gasteiger partial charge on any atom is -0.598 e. The molecule has 0 aromatic heterocycles. The van der Waals surface area contributed by atoms with Crippen molar-refractivity contribution in [2.45, 2.75) is 32.7 Å². The molecular weight excluding hydrogens is 298 g/mol. The van der Waals surface area contributed by atoms with Gasteiger partial charge in [0.05, 0.1) is 18.7 Å². The minimum atomic E-state index is -1.09. The van der Waals surface area contributed by atoms with Crippen LogP contribution < -0.4 is 0 Å². The van der Waals surface area contributed by atoms with E-state index in [1.54, 1.807) is 6.92 Å². The number of hydrogen-bond acceptors (Lipinski definition) is 4. The molecule has 22 heavy (non-hydrogen) atoms. The van der Waals surface area contributed by atoms with Crippen molar-refractivity contribution in [3.8, 4) is 0 Å². The molecule has 120 valence electrons. The number of benzene rings is 1. The molecule has 4 nitrogen and oxygen atoms in total. The van der Waals surface area contributed by atoms with E-state index in [0.29, 0.717) is 24.5 Å². The van der Waals surface area contributed by atoms with Crippen molar-refractivity contribution >= 4 is 17.3 Å². The summed E-state index contributed by atoms with van der Waals surface area (Å²) in [6.07, 6.45) is 3.77. The number of rotatable bonds is 7. The van der Waals surface area contributed by atoms with Crippen molar-refractivity contribution in [3.05, 3.63) is 47.5 Å². The Hall–Kier alpha value is -1.30. The summed E-state index contributed by atoms with van der Waals surface area (Å²) in [5.41, 5.74) is 1.57. The third-order valence-corrected chi connectivity index (χ3v) is 5.16. The van der Waals surface area contributed by atoms with Crippen LogP contribution in [0.15, 0.2) is 42.0 Å². The summed E-state index contributed by atoms with van der Waals surface area (Å²) in [6, 6.07) is 9.45. The van der Waals surface area contributed by atoms with Crippen LogP contribution in [0.2, 0.25) is 0 Å². The Kier molecular flexibility index (Phi) is 6.49. The minimum absolute atomic E-state index is 0.280. The van der Waals surface area contributed by atoms with E-state index in [0.717, 1.165) is 18.4 Å². The van der Waals surface area contributed by atoms with Crippen LogP contribution in [-0.2, 0) is 20.9 Å². The Labute approximate surface area is 135 Å². The normalized spacial score (nSPS) is 19.8. The summed E-state index contributed by atoms with van der Waals surface area (Å²) < 4.78 is 19.6. The first-order valence-electron chi connectivity index (χ1n) is 7.76. The summed E-state index contributed by atoms with van der Waals surface area (Å²) in [5, 5.41) is 0. The van der Waals surface area contributed by atoms with Crippen LogP contribution in [0.3, 0.4) is 0 Å². The van der Waals surface area contributed by atoms with E-state index >= 15 is 0 Å². The summed E-state index contributed by atoms with van der Waals surface area (Å²) in [5.74, 6) is 0.315. The van der Waals surface area contributed by atoms with Gasteiger partial charge in [-0.25, -0.2) is 4.79 Å². The second-order valence-corrected chi connectivity index (χ2v) is 6.69. The van der Waals surface area contributed by atoms with E-state index < -0.39 is 11.4 Å². The van der Waals surface area contributed by atoms with Crippen LogP contribution in [0, 0.1) is 0 Å². The molecule has 1 aromatic carbocycles. The first kappa shape index (κ1) is 17.1. The fourth-order valence-electron chi connectivity index (χ4n) is 2.54. The molecule has 1 aliphatic rings. The summed E-state index contributed by atoms with van der Waals surface area (Å²) in [6.45, 7) is 4.74. The van der Waals surface area contributed by atoms with E-state index in [2.05, 4.69) is 6.92 Å². The fourth-order valence-corrected chi connectivity index (χ4v) is 4.02. The van der Waals surface area contributed by atoms with Gasteiger partial charge in [-0.15, -0.1) is 4.31 Å². The zero-order valence-electron chi connectivity index (χ0n) is 13.2. The van der Waals surface area contributed by atoms with Crippen LogP contribution >= 0.6 is 0 Å². The Morgan fingerprint density at radius 3 is 2.73 bits per heavy atom. The van der Waals surface area contributed by atoms with Gasteiger partial charge in [0.15, 0.2) is 0 Å². The van der Waals surface area contributed by atoms with Gasteiger partial charge in [-0.3, -0.25) is 0 Å². The first-order valence-corrected chi connectivity index (χ1v) is 9.03. The average Bonchev–Trinajstić information content (AvgIpc) is 2.98. The second-order valence-electron chi connectivity index (χ2n) is 5.17. The molecular formula is C17H23NO3S. The van der Waals surface area contributed by atoms with Gasteiger partial charge >= 0.3 is 5.97 Å². The van der Waals surface area contributed by atoms with Crippen molar-refractivity contribution in [1.29, 1.82) is 0 Å². The molecule has 1 aliphatic heterocycles. The van der Waals surface area contributed by atoms with Crippen LogP contribution in [0.5, 0.6) is 0 Å². The monoisotopic (exact) mass is 321 g/mol. The lowest BCUT2D eigenvalue weighted by molar-refractivity contribution is -0.138. The summed E-state index contributed by atoms with van der Waals surface area (Å²) in [7, 11) is 0. The number of esters is 1. The maximum atomic E-state index is 12.6. The maximum Gasteiger partial charge on any atom is 0.335 e. The van der Waals surface area contributed by atoms with Gasteiger partial charge in [-0.1, -0.05) is 49.8 Å². The topological polar surface area (TPSA) is 52.6 Å². The molecule has 0 bridgehead atoms. The second kappa shape index (κ2) is 8.36. The van der Waals surface area contributed by atoms with Gasteiger partial charge in [0.1, 0.15) is 11.8 Å². The fraction of sp³-hybridized carbons (Fsp3) is 0.471. The highest BCUT2D eigenvalue weighted by Gasteiger charge is 2.39. The zero-order chi connectivity index (χ0) is 15.9. The van der Waals surface area contributed by atoms with Crippen LogP contribution in [0.1, 0.15) is 38.3 Å². The Bertz CT molecular complexity index is 518. The van der Waals surface area contributed by atoms with Crippen molar-refractivity contribution in [3.63, 3.8) is 0 Å². The lowest BCUT2D eigenvalue weighted by Gasteiger charge is -2.27. The first-order chi connectivity index (χ1) is 10.7. The van der Waals surface area contributed by atoms with Crippen LogP contribution in [0.4, 0.5) is 0 Å². The summed E-state index contributed by atoms with van der Waals surface area (Å²) >= 11 is -1.09. The standard InChI is InChI=1S/C17H23NO3S/c1-3-5-13-22(20)18-12-11-15(17(19)21-4-2)16(18)14-9-7-6-8-10-14/h6-11,16H,3-5,12-13H2,1-2H3/t16-,22+/m1/s1. The quantitative estimate of drug-likeness (QED) is 0.572. The van der Waals surface area contributed by atoms with Crippen LogP contribution in [0.25, 0.3) is 0 Å². The van der Waals surface area contributed by atoms with Gasteiger partial charge in [0.25, 0.3) is 0 Å². The van der Waals surface area contributed by atoms with Gasteiger partial charge in [0, 0.05) is 11.4 Å². The molecule has 0 amide bonds. The van der Waals surface area contributed by atoms with Crippen molar-refractivity contribution in [2.24, 2.45) is 0 Å². The number of nitrogens with zero attached hydrogens (tertiary/aromatic N) is 1. The molecule has 0 N–H and O–H groups in total. The predicted molar refractivity (Wildman–Crippen MR) is 88.5 cm³/mol. The lowest BCUT2D eigenvalue weighted by atomic mass is 10.0. The molecule has 0 saturated heterocycles. The van der Waals surface area contributed by atoms with Crippen molar-refractivity contribution < 1.29 is 14.1 Å². The smallest absolute Gasteiger partial charge is 0.335 e. The molecule has 2 atom stereocenters. The Morgan fingerprint density at radius 2 is 2.09 bits per heavy atom. The lowest BCUT2D eigenvalue weighted by Crippen LogP contribution is -2.35. The Balaban J connectivity index is 2.23. The third kappa shape index (κ3) is 3.91. The molecule has 1 heterocycles.